The van der Waals surface area contributed by atoms with Gasteiger partial charge in [-0.25, -0.2) is 0 Å². The minimum atomic E-state index is -0.642. The fraction of sp³-hybridized carbons (Fsp3) is 0.611. The van der Waals surface area contributed by atoms with Crippen molar-refractivity contribution in [2.75, 3.05) is 46.0 Å². The van der Waals surface area contributed by atoms with Gasteiger partial charge in [0.15, 0.2) is 0 Å². The minimum absolute atomic E-state index is 0.0342. The average Bonchev–Trinajstić information content (AvgIpc) is 3.46. The Kier molecular flexibility index (Phi) is 4.43. The second-order valence-corrected chi connectivity index (χ2v) is 7.21. The van der Waals surface area contributed by atoms with Crippen LogP contribution in [0, 0.1) is 5.92 Å². The Hall–Kier alpha value is -1.99. The molecule has 3 heterocycles. The predicted octanol–water partition coefficient (Wildman–Crippen LogP) is 0.562. The van der Waals surface area contributed by atoms with Crippen LogP contribution in [0.2, 0.25) is 0 Å². The SMILES string of the molecule is O=C1CO[C@@]2(COCCN(C(=O)c3cccnc3)C2)CN1CC1CC1. The van der Waals surface area contributed by atoms with Crippen molar-refractivity contribution in [3.05, 3.63) is 30.1 Å². The highest BCUT2D eigenvalue weighted by Crippen LogP contribution is 2.32. The molecule has 1 aromatic heterocycles. The molecule has 3 aliphatic rings. The third kappa shape index (κ3) is 3.67. The quantitative estimate of drug-likeness (QED) is 0.801. The molecule has 25 heavy (non-hydrogen) atoms. The zero-order chi connectivity index (χ0) is 17.3. The first-order valence-corrected chi connectivity index (χ1v) is 8.84. The number of carbonyl (C=O) groups excluding carboxylic acids is 2. The monoisotopic (exact) mass is 345 g/mol. The molecule has 1 aromatic rings. The first-order chi connectivity index (χ1) is 12.2. The molecule has 1 saturated carbocycles. The number of aromatic nitrogens is 1. The van der Waals surface area contributed by atoms with Gasteiger partial charge >= 0.3 is 0 Å². The molecule has 1 spiro atoms. The van der Waals surface area contributed by atoms with Crippen molar-refractivity contribution in [1.29, 1.82) is 0 Å². The molecule has 0 radical (unpaired) electrons. The number of hydrogen-bond donors (Lipinski definition) is 0. The fourth-order valence-electron chi connectivity index (χ4n) is 3.50. The van der Waals surface area contributed by atoms with E-state index in [9.17, 15) is 9.59 Å². The summed E-state index contributed by atoms with van der Waals surface area (Å²) in [6.45, 7) is 3.14. The van der Waals surface area contributed by atoms with Crippen LogP contribution in [0.15, 0.2) is 24.5 Å². The van der Waals surface area contributed by atoms with E-state index in [0.29, 0.717) is 44.3 Å². The number of nitrogens with zero attached hydrogens (tertiary/aromatic N) is 3. The fourth-order valence-corrected chi connectivity index (χ4v) is 3.50. The van der Waals surface area contributed by atoms with Gasteiger partial charge in [-0.05, 0) is 30.9 Å². The molecule has 134 valence electrons. The highest BCUT2D eigenvalue weighted by Gasteiger charge is 2.44. The Morgan fingerprint density at radius 2 is 2.24 bits per heavy atom. The highest BCUT2D eigenvalue weighted by molar-refractivity contribution is 5.94. The number of carbonyl (C=O) groups is 2. The second-order valence-electron chi connectivity index (χ2n) is 7.21. The number of hydrogen-bond acceptors (Lipinski definition) is 5. The van der Waals surface area contributed by atoms with Gasteiger partial charge in [-0.1, -0.05) is 0 Å². The maximum Gasteiger partial charge on any atom is 0.255 e. The molecule has 0 unspecified atom stereocenters. The molecule has 2 amide bonds. The maximum absolute atomic E-state index is 12.8. The second kappa shape index (κ2) is 6.72. The van der Waals surface area contributed by atoms with Crippen LogP contribution < -0.4 is 0 Å². The largest absolute Gasteiger partial charge is 0.376 e. The molecule has 7 heteroatoms. The number of amides is 2. The highest BCUT2D eigenvalue weighted by atomic mass is 16.6. The Balaban J connectivity index is 1.50. The normalized spacial score (nSPS) is 27.4. The molecule has 1 aliphatic carbocycles. The molecular weight excluding hydrogens is 322 g/mol. The summed E-state index contributed by atoms with van der Waals surface area (Å²) in [5.41, 5.74) is -0.0850. The summed E-state index contributed by atoms with van der Waals surface area (Å²) in [6.07, 6.45) is 5.61. The Morgan fingerprint density at radius 1 is 1.36 bits per heavy atom. The van der Waals surface area contributed by atoms with Crippen LogP contribution >= 0.6 is 0 Å². The molecule has 2 aliphatic heterocycles. The molecule has 0 bridgehead atoms. The van der Waals surface area contributed by atoms with Crippen LogP contribution in [0.4, 0.5) is 0 Å². The summed E-state index contributed by atoms with van der Waals surface area (Å²) in [7, 11) is 0. The summed E-state index contributed by atoms with van der Waals surface area (Å²) < 4.78 is 11.7. The molecule has 0 N–H and O–H groups in total. The van der Waals surface area contributed by atoms with E-state index in [-0.39, 0.29) is 18.4 Å². The Bertz CT molecular complexity index is 649. The number of morpholine rings is 1. The van der Waals surface area contributed by atoms with Crippen LogP contribution in [-0.4, -0.2) is 78.2 Å². The van der Waals surface area contributed by atoms with Crippen LogP contribution in [0.5, 0.6) is 0 Å². The van der Waals surface area contributed by atoms with E-state index in [4.69, 9.17) is 9.47 Å². The van der Waals surface area contributed by atoms with Gasteiger partial charge in [0.1, 0.15) is 12.2 Å². The van der Waals surface area contributed by atoms with Crippen molar-refractivity contribution in [3.8, 4) is 0 Å². The van der Waals surface area contributed by atoms with Gasteiger partial charge in [-0.15, -0.1) is 0 Å². The van der Waals surface area contributed by atoms with Gasteiger partial charge in [0, 0.05) is 25.5 Å². The summed E-state index contributed by atoms with van der Waals surface area (Å²) in [5.74, 6) is 0.582. The Morgan fingerprint density at radius 3 is 3.00 bits per heavy atom. The van der Waals surface area contributed by atoms with Gasteiger partial charge in [0.05, 0.1) is 31.9 Å². The molecule has 4 rings (SSSR count). The topological polar surface area (TPSA) is 72.0 Å². The molecular formula is C18H23N3O4. The first-order valence-electron chi connectivity index (χ1n) is 8.84. The summed E-state index contributed by atoms with van der Waals surface area (Å²) in [5, 5.41) is 0. The summed E-state index contributed by atoms with van der Waals surface area (Å²) in [6, 6.07) is 3.52. The number of ether oxygens (including phenoxy) is 2. The van der Waals surface area contributed by atoms with E-state index in [2.05, 4.69) is 4.98 Å². The standard InChI is InChI=1S/C18H23N3O4/c22-16-10-25-18(12-21(16)9-14-3-4-14)11-20(6-7-24-13-18)17(23)15-2-1-5-19-8-15/h1-2,5,8,14H,3-4,6-7,9-13H2/t18-/m1/s1. The van der Waals surface area contributed by atoms with E-state index in [0.717, 1.165) is 6.54 Å². The van der Waals surface area contributed by atoms with Crippen LogP contribution in [0.1, 0.15) is 23.2 Å². The van der Waals surface area contributed by atoms with Gasteiger partial charge in [0.25, 0.3) is 5.91 Å². The minimum Gasteiger partial charge on any atom is -0.376 e. The molecule has 7 nitrogen and oxygen atoms in total. The Labute approximate surface area is 146 Å². The van der Waals surface area contributed by atoms with E-state index >= 15 is 0 Å². The van der Waals surface area contributed by atoms with Crippen molar-refractivity contribution >= 4 is 11.8 Å². The van der Waals surface area contributed by atoms with Gasteiger partial charge in [-0.3, -0.25) is 14.6 Å². The van der Waals surface area contributed by atoms with E-state index in [1.807, 2.05) is 4.90 Å². The van der Waals surface area contributed by atoms with Crippen molar-refractivity contribution in [3.63, 3.8) is 0 Å². The summed E-state index contributed by atoms with van der Waals surface area (Å²) >= 11 is 0. The van der Waals surface area contributed by atoms with Crippen molar-refractivity contribution in [1.82, 2.24) is 14.8 Å². The molecule has 0 aromatic carbocycles. The van der Waals surface area contributed by atoms with E-state index in [1.165, 1.54) is 12.8 Å². The zero-order valence-corrected chi connectivity index (χ0v) is 14.2. The smallest absolute Gasteiger partial charge is 0.255 e. The summed E-state index contributed by atoms with van der Waals surface area (Å²) in [4.78, 5) is 32.7. The lowest BCUT2D eigenvalue weighted by Gasteiger charge is -2.43. The lowest BCUT2D eigenvalue weighted by molar-refractivity contribution is -0.172. The third-order valence-electron chi connectivity index (χ3n) is 5.05. The average molecular weight is 345 g/mol. The van der Waals surface area contributed by atoms with Crippen LogP contribution in [-0.2, 0) is 14.3 Å². The van der Waals surface area contributed by atoms with E-state index < -0.39 is 5.60 Å². The van der Waals surface area contributed by atoms with Gasteiger partial charge in [-0.2, -0.15) is 0 Å². The lowest BCUT2D eigenvalue weighted by Crippen LogP contribution is -2.61. The first kappa shape index (κ1) is 16.5. The third-order valence-corrected chi connectivity index (χ3v) is 5.05. The molecule has 3 fully saturated rings. The molecule has 2 saturated heterocycles. The van der Waals surface area contributed by atoms with Crippen molar-refractivity contribution in [2.45, 2.75) is 18.4 Å². The van der Waals surface area contributed by atoms with E-state index in [1.54, 1.807) is 29.4 Å². The number of pyridine rings is 1. The maximum atomic E-state index is 12.8. The van der Waals surface area contributed by atoms with Gasteiger partial charge in [0.2, 0.25) is 5.91 Å². The van der Waals surface area contributed by atoms with Crippen molar-refractivity contribution < 1.29 is 19.1 Å². The van der Waals surface area contributed by atoms with Gasteiger partial charge < -0.3 is 19.3 Å². The molecule has 1 atom stereocenters. The zero-order valence-electron chi connectivity index (χ0n) is 14.2. The van der Waals surface area contributed by atoms with Crippen LogP contribution in [0.3, 0.4) is 0 Å². The van der Waals surface area contributed by atoms with Crippen molar-refractivity contribution in [2.24, 2.45) is 5.92 Å². The number of rotatable bonds is 3. The lowest BCUT2D eigenvalue weighted by atomic mass is 10.0. The van der Waals surface area contributed by atoms with Crippen LogP contribution in [0.25, 0.3) is 0 Å². The predicted molar refractivity (Wildman–Crippen MR) is 88.9 cm³/mol.